The molecule has 0 radical (unpaired) electrons. The highest BCUT2D eigenvalue weighted by molar-refractivity contribution is 5.59. The predicted octanol–water partition coefficient (Wildman–Crippen LogP) is 2.06. The Balaban J connectivity index is 1.91. The van der Waals surface area contributed by atoms with E-state index in [-0.39, 0.29) is 0 Å². The first-order chi connectivity index (χ1) is 7.83. The number of rotatable bonds is 3. The molecular formula is C12H14N4. The highest BCUT2D eigenvalue weighted by Gasteiger charge is 2.22. The van der Waals surface area contributed by atoms with Crippen molar-refractivity contribution in [2.75, 3.05) is 5.32 Å². The Labute approximate surface area is 94.3 Å². The fraction of sp³-hybridized carbons (Fsp3) is 0.333. The van der Waals surface area contributed by atoms with Gasteiger partial charge in [0, 0.05) is 25.4 Å². The second kappa shape index (κ2) is 3.63. The summed E-state index contributed by atoms with van der Waals surface area (Å²) >= 11 is 0. The number of aryl methyl sites for hydroxylation is 1. The molecule has 2 heterocycles. The molecular weight excluding hydrogens is 200 g/mol. The lowest BCUT2D eigenvalue weighted by atomic mass is 10.2. The van der Waals surface area contributed by atoms with Crippen LogP contribution in [0.2, 0.25) is 0 Å². The van der Waals surface area contributed by atoms with E-state index in [0.29, 0.717) is 6.04 Å². The largest absolute Gasteiger partial charge is 0.366 e. The van der Waals surface area contributed by atoms with Gasteiger partial charge in [0.15, 0.2) is 0 Å². The van der Waals surface area contributed by atoms with Gasteiger partial charge in [-0.1, -0.05) is 6.07 Å². The lowest BCUT2D eigenvalue weighted by molar-refractivity contribution is 0.773. The minimum atomic E-state index is 0.631. The van der Waals surface area contributed by atoms with Crippen LogP contribution in [0.3, 0.4) is 0 Å². The van der Waals surface area contributed by atoms with Crippen molar-refractivity contribution >= 4 is 5.82 Å². The number of hydrogen-bond donors (Lipinski definition) is 1. The summed E-state index contributed by atoms with van der Waals surface area (Å²) in [6, 6.07) is 8.59. The number of aromatic nitrogens is 3. The van der Waals surface area contributed by atoms with E-state index in [0.717, 1.165) is 17.2 Å². The quantitative estimate of drug-likeness (QED) is 0.850. The minimum absolute atomic E-state index is 0.631. The maximum atomic E-state index is 4.43. The topological polar surface area (TPSA) is 42.7 Å². The molecule has 2 aromatic rings. The summed E-state index contributed by atoms with van der Waals surface area (Å²) in [5.41, 5.74) is 2.00. The summed E-state index contributed by atoms with van der Waals surface area (Å²) in [4.78, 5) is 4.33. The molecule has 0 spiro atoms. The van der Waals surface area contributed by atoms with Gasteiger partial charge in [-0.15, -0.1) is 0 Å². The van der Waals surface area contributed by atoms with Gasteiger partial charge < -0.3 is 5.32 Å². The Kier molecular flexibility index (Phi) is 2.13. The number of anilines is 1. The van der Waals surface area contributed by atoms with Crippen LogP contribution in [0.25, 0.3) is 11.4 Å². The zero-order valence-corrected chi connectivity index (χ0v) is 9.22. The first-order valence-electron chi connectivity index (χ1n) is 5.55. The highest BCUT2D eigenvalue weighted by Crippen LogP contribution is 2.26. The molecule has 3 rings (SSSR count). The molecule has 0 amide bonds. The molecule has 0 aromatic carbocycles. The van der Waals surface area contributed by atoms with Crippen molar-refractivity contribution in [3.63, 3.8) is 0 Å². The predicted molar refractivity (Wildman–Crippen MR) is 63.1 cm³/mol. The summed E-state index contributed by atoms with van der Waals surface area (Å²) in [6.45, 7) is 0. The molecule has 0 aliphatic heterocycles. The smallest absolute Gasteiger partial charge is 0.148 e. The molecule has 0 atom stereocenters. The van der Waals surface area contributed by atoms with E-state index in [1.54, 1.807) is 6.20 Å². The molecule has 1 saturated carbocycles. The van der Waals surface area contributed by atoms with Crippen LogP contribution in [0.1, 0.15) is 12.8 Å². The van der Waals surface area contributed by atoms with Gasteiger partial charge in [0.25, 0.3) is 0 Å². The number of nitrogens with one attached hydrogen (secondary N) is 1. The Morgan fingerprint density at radius 3 is 2.94 bits per heavy atom. The molecule has 2 aromatic heterocycles. The molecule has 16 heavy (non-hydrogen) atoms. The third-order valence-corrected chi connectivity index (χ3v) is 2.74. The van der Waals surface area contributed by atoms with Crippen LogP contribution >= 0.6 is 0 Å². The van der Waals surface area contributed by atoms with Gasteiger partial charge in [-0.25, -0.2) is 0 Å². The molecule has 4 nitrogen and oxygen atoms in total. The zero-order valence-electron chi connectivity index (χ0n) is 9.22. The van der Waals surface area contributed by atoms with E-state index in [4.69, 9.17) is 0 Å². The van der Waals surface area contributed by atoms with E-state index < -0.39 is 0 Å². The highest BCUT2D eigenvalue weighted by atomic mass is 15.3. The lowest BCUT2D eigenvalue weighted by Crippen LogP contribution is -2.02. The maximum Gasteiger partial charge on any atom is 0.148 e. The Morgan fingerprint density at radius 2 is 2.25 bits per heavy atom. The molecule has 1 fully saturated rings. The van der Waals surface area contributed by atoms with Crippen LogP contribution < -0.4 is 5.32 Å². The van der Waals surface area contributed by atoms with Gasteiger partial charge >= 0.3 is 0 Å². The third-order valence-electron chi connectivity index (χ3n) is 2.74. The Hall–Kier alpha value is -1.84. The average molecular weight is 214 g/mol. The van der Waals surface area contributed by atoms with Gasteiger partial charge in [0.1, 0.15) is 5.82 Å². The monoisotopic (exact) mass is 214 g/mol. The first-order valence-corrected chi connectivity index (χ1v) is 5.55. The van der Waals surface area contributed by atoms with Gasteiger partial charge in [-0.05, 0) is 25.0 Å². The molecule has 4 heteroatoms. The fourth-order valence-corrected chi connectivity index (χ4v) is 1.73. The summed E-state index contributed by atoms with van der Waals surface area (Å²) < 4.78 is 1.87. The van der Waals surface area contributed by atoms with Gasteiger partial charge in [0.05, 0.1) is 11.4 Å². The van der Waals surface area contributed by atoms with Crippen molar-refractivity contribution in [2.45, 2.75) is 18.9 Å². The Morgan fingerprint density at radius 1 is 1.38 bits per heavy atom. The van der Waals surface area contributed by atoms with Gasteiger partial charge in [-0.2, -0.15) is 5.10 Å². The molecule has 0 saturated heterocycles. The average Bonchev–Trinajstić information content (AvgIpc) is 3.03. The van der Waals surface area contributed by atoms with Crippen LogP contribution in [0.4, 0.5) is 5.82 Å². The molecule has 82 valence electrons. The zero-order chi connectivity index (χ0) is 11.0. The van der Waals surface area contributed by atoms with E-state index in [1.165, 1.54) is 12.8 Å². The molecule has 0 unspecified atom stereocenters. The van der Waals surface area contributed by atoms with Crippen LogP contribution in [-0.4, -0.2) is 20.8 Å². The van der Waals surface area contributed by atoms with Crippen molar-refractivity contribution in [1.29, 1.82) is 0 Å². The summed E-state index contributed by atoms with van der Waals surface area (Å²) in [6.07, 6.45) is 4.32. The van der Waals surface area contributed by atoms with Crippen molar-refractivity contribution in [3.05, 3.63) is 30.5 Å². The van der Waals surface area contributed by atoms with Gasteiger partial charge in [0.2, 0.25) is 0 Å². The standard InChI is InChI=1S/C12H14N4/c1-16-11(10-4-2-3-7-13-10)8-12(15-16)14-9-5-6-9/h2-4,7-9H,5-6H2,1H3,(H,14,15). The molecule has 0 bridgehead atoms. The third kappa shape index (κ3) is 1.78. The van der Waals surface area contributed by atoms with Crippen LogP contribution in [0, 0.1) is 0 Å². The van der Waals surface area contributed by atoms with E-state index in [9.17, 15) is 0 Å². The van der Waals surface area contributed by atoms with Crippen molar-refractivity contribution in [1.82, 2.24) is 14.8 Å². The van der Waals surface area contributed by atoms with Crippen LogP contribution in [-0.2, 0) is 7.05 Å². The SMILES string of the molecule is Cn1nc(NC2CC2)cc1-c1ccccn1. The van der Waals surface area contributed by atoms with E-state index >= 15 is 0 Å². The van der Waals surface area contributed by atoms with Crippen LogP contribution in [0.15, 0.2) is 30.5 Å². The second-order valence-corrected chi connectivity index (χ2v) is 4.17. The molecule has 1 aliphatic carbocycles. The number of nitrogens with zero attached hydrogens (tertiary/aromatic N) is 3. The summed E-state index contributed by atoms with van der Waals surface area (Å²) in [7, 11) is 1.95. The molecule has 1 N–H and O–H groups in total. The normalized spacial score (nSPS) is 15.1. The summed E-state index contributed by atoms with van der Waals surface area (Å²) in [5.74, 6) is 0.950. The Bertz CT molecular complexity index is 485. The van der Waals surface area contributed by atoms with E-state index in [2.05, 4.69) is 21.5 Å². The number of hydrogen-bond acceptors (Lipinski definition) is 3. The fourth-order valence-electron chi connectivity index (χ4n) is 1.73. The van der Waals surface area contributed by atoms with Crippen LogP contribution in [0.5, 0.6) is 0 Å². The molecule has 1 aliphatic rings. The van der Waals surface area contributed by atoms with E-state index in [1.807, 2.05) is 29.9 Å². The van der Waals surface area contributed by atoms with Crippen molar-refractivity contribution < 1.29 is 0 Å². The minimum Gasteiger partial charge on any atom is -0.366 e. The summed E-state index contributed by atoms with van der Waals surface area (Å²) in [5, 5.41) is 7.82. The number of pyridine rings is 1. The van der Waals surface area contributed by atoms with Crippen molar-refractivity contribution in [2.24, 2.45) is 7.05 Å². The maximum absolute atomic E-state index is 4.43. The van der Waals surface area contributed by atoms with Crippen molar-refractivity contribution in [3.8, 4) is 11.4 Å². The lowest BCUT2D eigenvalue weighted by Gasteiger charge is -1.98. The second-order valence-electron chi connectivity index (χ2n) is 4.17. The van der Waals surface area contributed by atoms with Gasteiger partial charge in [-0.3, -0.25) is 9.67 Å². The first kappa shape index (κ1) is 9.39.